The van der Waals surface area contributed by atoms with Crippen LogP contribution in [0.5, 0.6) is 0 Å². The van der Waals surface area contributed by atoms with Crippen molar-refractivity contribution in [3.8, 4) is 0 Å². The van der Waals surface area contributed by atoms with Gasteiger partial charge in [-0.2, -0.15) is 0 Å². The largest absolute Gasteiger partial charge is 0.372 e. The van der Waals surface area contributed by atoms with Crippen molar-refractivity contribution in [3.63, 3.8) is 0 Å². The van der Waals surface area contributed by atoms with Crippen molar-refractivity contribution in [1.82, 2.24) is 15.2 Å². The van der Waals surface area contributed by atoms with Gasteiger partial charge in [0.2, 0.25) is 0 Å². The number of rotatable bonds is 4. The summed E-state index contributed by atoms with van der Waals surface area (Å²) in [6.45, 7) is 7.84. The molecular formula is C17H27N3O. The Morgan fingerprint density at radius 2 is 2.10 bits per heavy atom. The average Bonchev–Trinajstić information content (AvgIpc) is 2.97. The lowest BCUT2D eigenvalue weighted by atomic mass is 9.98. The first-order valence-corrected chi connectivity index (χ1v) is 8.25. The smallest absolute Gasteiger partial charge is 0.0993 e. The van der Waals surface area contributed by atoms with Crippen LogP contribution < -0.4 is 5.32 Å². The van der Waals surface area contributed by atoms with E-state index in [1.165, 1.54) is 31.5 Å². The van der Waals surface area contributed by atoms with E-state index in [1.807, 2.05) is 18.5 Å². The SMILES string of the molecule is CC(C)N1CCC(N[C@H]2CCO[C@@H]2c2cccnc2)CC1. The first-order valence-electron chi connectivity index (χ1n) is 8.25. The van der Waals surface area contributed by atoms with Gasteiger partial charge >= 0.3 is 0 Å². The van der Waals surface area contributed by atoms with Gasteiger partial charge in [0, 0.05) is 42.7 Å². The number of pyridine rings is 1. The van der Waals surface area contributed by atoms with Crippen molar-refractivity contribution in [2.45, 2.75) is 57.3 Å². The van der Waals surface area contributed by atoms with Crippen molar-refractivity contribution in [1.29, 1.82) is 0 Å². The first-order chi connectivity index (χ1) is 10.2. The van der Waals surface area contributed by atoms with Gasteiger partial charge in [-0.3, -0.25) is 4.98 Å². The second-order valence-corrected chi connectivity index (χ2v) is 6.54. The number of ether oxygens (including phenoxy) is 1. The fraction of sp³-hybridized carbons (Fsp3) is 0.706. The van der Waals surface area contributed by atoms with Crippen molar-refractivity contribution in [2.24, 2.45) is 0 Å². The van der Waals surface area contributed by atoms with Crippen molar-refractivity contribution in [3.05, 3.63) is 30.1 Å². The number of nitrogens with one attached hydrogen (secondary N) is 1. The van der Waals surface area contributed by atoms with Crippen LogP contribution in [0, 0.1) is 0 Å². The lowest BCUT2D eigenvalue weighted by Gasteiger charge is -2.36. The van der Waals surface area contributed by atoms with Crippen LogP contribution in [0.15, 0.2) is 24.5 Å². The molecule has 0 aliphatic carbocycles. The topological polar surface area (TPSA) is 37.4 Å². The number of aromatic nitrogens is 1. The van der Waals surface area contributed by atoms with Crippen LogP contribution in [0.3, 0.4) is 0 Å². The highest BCUT2D eigenvalue weighted by Gasteiger charge is 2.32. The van der Waals surface area contributed by atoms with Crippen LogP contribution in [0.2, 0.25) is 0 Å². The van der Waals surface area contributed by atoms with Crippen LogP contribution in [0.25, 0.3) is 0 Å². The highest BCUT2D eigenvalue weighted by atomic mass is 16.5. The van der Waals surface area contributed by atoms with E-state index in [1.54, 1.807) is 0 Å². The predicted octanol–water partition coefficient (Wildman–Crippen LogP) is 2.37. The molecule has 2 aliphatic rings. The predicted molar refractivity (Wildman–Crippen MR) is 84.2 cm³/mol. The third-order valence-corrected chi connectivity index (χ3v) is 4.81. The molecule has 3 heterocycles. The van der Waals surface area contributed by atoms with Crippen molar-refractivity contribution < 1.29 is 4.74 Å². The zero-order valence-electron chi connectivity index (χ0n) is 13.2. The van der Waals surface area contributed by atoms with Gasteiger partial charge in [0.1, 0.15) is 0 Å². The monoisotopic (exact) mass is 289 g/mol. The fourth-order valence-corrected chi connectivity index (χ4v) is 3.52. The van der Waals surface area contributed by atoms with Crippen molar-refractivity contribution in [2.75, 3.05) is 19.7 Å². The Hall–Kier alpha value is -0.970. The molecule has 2 saturated heterocycles. The lowest BCUT2D eigenvalue weighted by molar-refractivity contribution is 0.0901. The van der Waals surface area contributed by atoms with Gasteiger partial charge in [-0.05, 0) is 52.3 Å². The minimum Gasteiger partial charge on any atom is -0.372 e. The molecule has 3 rings (SSSR count). The molecule has 2 fully saturated rings. The molecule has 0 unspecified atom stereocenters. The van der Waals surface area contributed by atoms with Crippen LogP contribution in [-0.2, 0) is 4.74 Å². The number of likely N-dealkylation sites (tertiary alicyclic amines) is 1. The summed E-state index contributed by atoms with van der Waals surface area (Å²) in [5, 5.41) is 3.85. The molecule has 0 spiro atoms. The molecule has 4 nitrogen and oxygen atoms in total. The van der Waals surface area contributed by atoms with Crippen LogP contribution in [0.1, 0.15) is 44.8 Å². The Morgan fingerprint density at radius 1 is 1.29 bits per heavy atom. The van der Waals surface area contributed by atoms with Gasteiger partial charge < -0.3 is 15.0 Å². The molecule has 1 N–H and O–H groups in total. The minimum absolute atomic E-state index is 0.168. The van der Waals surface area contributed by atoms with E-state index < -0.39 is 0 Å². The molecular weight excluding hydrogens is 262 g/mol. The summed E-state index contributed by atoms with van der Waals surface area (Å²) in [5.41, 5.74) is 1.20. The number of nitrogens with zero attached hydrogens (tertiary/aromatic N) is 2. The van der Waals surface area contributed by atoms with E-state index in [-0.39, 0.29) is 6.10 Å². The maximum atomic E-state index is 5.94. The van der Waals surface area contributed by atoms with Crippen LogP contribution >= 0.6 is 0 Å². The van der Waals surface area contributed by atoms with Gasteiger partial charge in [-0.1, -0.05) is 6.07 Å². The van der Waals surface area contributed by atoms with Gasteiger partial charge in [0.25, 0.3) is 0 Å². The number of hydrogen-bond donors (Lipinski definition) is 1. The summed E-state index contributed by atoms with van der Waals surface area (Å²) < 4.78 is 5.94. The molecule has 4 heteroatoms. The zero-order valence-corrected chi connectivity index (χ0v) is 13.2. The summed E-state index contributed by atoms with van der Waals surface area (Å²) in [7, 11) is 0. The number of piperidine rings is 1. The van der Waals surface area contributed by atoms with E-state index in [9.17, 15) is 0 Å². The summed E-state index contributed by atoms with van der Waals surface area (Å²) in [4.78, 5) is 6.80. The summed E-state index contributed by atoms with van der Waals surface area (Å²) in [5.74, 6) is 0. The van der Waals surface area contributed by atoms with Crippen LogP contribution in [0.4, 0.5) is 0 Å². The summed E-state index contributed by atoms with van der Waals surface area (Å²) in [6, 6.07) is 5.85. The van der Waals surface area contributed by atoms with E-state index in [0.717, 1.165) is 13.0 Å². The van der Waals surface area contributed by atoms with Gasteiger partial charge in [0.15, 0.2) is 0 Å². The summed E-state index contributed by atoms with van der Waals surface area (Å²) in [6.07, 6.45) is 7.52. The van der Waals surface area contributed by atoms with E-state index in [0.29, 0.717) is 18.1 Å². The zero-order chi connectivity index (χ0) is 14.7. The Morgan fingerprint density at radius 3 is 2.76 bits per heavy atom. The van der Waals surface area contributed by atoms with E-state index >= 15 is 0 Å². The molecule has 1 aromatic rings. The lowest BCUT2D eigenvalue weighted by Crippen LogP contribution is -2.48. The molecule has 0 saturated carbocycles. The molecule has 21 heavy (non-hydrogen) atoms. The van der Waals surface area contributed by atoms with Gasteiger partial charge in [-0.25, -0.2) is 0 Å². The number of hydrogen-bond acceptors (Lipinski definition) is 4. The standard InChI is InChI=1S/C17H27N3O/c1-13(2)20-9-5-15(6-10-20)19-16-7-11-21-17(16)14-4-3-8-18-12-14/h3-4,8,12-13,15-17,19H,5-7,9-11H2,1-2H3/t16-,17+/m0/s1. The first kappa shape index (κ1) is 14.9. The fourth-order valence-electron chi connectivity index (χ4n) is 3.52. The van der Waals surface area contributed by atoms with E-state index in [4.69, 9.17) is 4.74 Å². The molecule has 116 valence electrons. The van der Waals surface area contributed by atoms with Gasteiger partial charge in [0.05, 0.1) is 6.10 Å². The Labute approximate surface area is 127 Å². The molecule has 2 aliphatic heterocycles. The second kappa shape index (κ2) is 6.86. The highest BCUT2D eigenvalue weighted by Crippen LogP contribution is 2.29. The third-order valence-electron chi connectivity index (χ3n) is 4.81. The molecule has 0 aromatic carbocycles. The third kappa shape index (κ3) is 3.62. The summed E-state index contributed by atoms with van der Waals surface area (Å²) >= 11 is 0. The maximum absolute atomic E-state index is 5.94. The van der Waals surface area contributed by atoms with E-state index in [2.05, 4.69) is 35.1 Å². The minimum atomic E-state index is 0.168. The molecule has 2 atom stereocenters. The Kier molecular flexibility index (Phi) is 4.88. The highest BCUT2D eigenvalue weighted by molar-refractivity contribution is 5.15. The Bertz CT molecular complexity index is 429. The second-order valence-electron chi connectivity index (χ2n) is 6.54. The average molecular weight is 289 g/mol. The molecule has 0 bridgehead atoms. The molecule has 0 radical (unpaired) electrons. The Balaban J connectivity index is 1.55. The van der Waals surface area contributed by atoms with Gasteiger partial charge in [-0.15, -0.1) is 0 Å². The molecule has 0 amide bonds. The maximum Gasteiger partial charge on any atom is 0.0993 e. The normalized spacial score (nSPS) is 28.3. The van der Waals surface area contributed by atoms with Crippen molar-refractivity contribution >= 4 is 0 Å². The molecule has 1 aromatic heterocycles. The van der Waals surface area contributed by atoms with Crippen LogP contribution in [-0.4, -0.2) is 47.7 Å². The quantitative estimate of drug-likeness (QED) is 0.923.